The lowest BCUT2D eigenvalue weighted by Crippen LogP contribution is -2.43. The molecule has 0 aliphatic carbocycles. The number of ketones is 1. The number of hydrogen-bond donors (Lipinski definition) is 0. The predicted molar refractivity (Wildman–Crippen MR) is 92.9 cm³/mol. The highest BCUT2D eigenvalue weighted by Crippen LogP contribution is 2.34. The highest BCUT2D eigenvalue weighted by molar-refractivity contribution is 9.09. The molecule has 1 aliphatic rings. The highest BCUT2D eigenvalue weighted by atomic mass is 79.9. The van der Waals surface area contributed by atoms with Gasteiger partial charge in [0.2, 0.25) is 0 Å². The second-order valence-corrected chi connectivity index (χ2v) is 6.85. The molecule has 6 heteroatoms. The first-order valence-corrected chi connectivity index (χ1v) is 9.33. The zero-order valence-corrected chi connectivity index (χ0v) is 14.8. The van der Waals surface area contributed by atoms with Gasteiger partial charge >= 0.3 is 6.09 Å². The van der Waals surface area contributed by atoms with Crippen molar-refractivity contribution in [3.63, 3.8) is 0 Å². The van der Waals surface area contributed by atoms with Gasteiger partial charge in [-0.3, -0.25) is 9.69 Å². The number of carbonyl (C=O) groups excluding carboxylic acids is 2. The molecular formula is C17H16BrNO3S. The molecule has 120 valence electrons. The van der Waals surface area contributed by atoms with E-state index in [1.54, 1.807) is 16.2 Å². The minimum absolute atomic E-state index is 0.0268. The third kappa shape index (κ3) is 3.48. The van der Waals surface area contributed by atoms with E-state index >= 15 is 0 Å². The van der Waals surface area contributed by atoms with E-state index in [9.17, 15) is 9.59 Å². The molecule has 1 amide bonds. The average molecular weight is 394 g/mol. The van der Waals surface area contributed by atoms with Gasteiger partial charge in [-0.1, -0.05) is 46.3 Å². The lowest BCUT2D eigenvalue weighted by molar-refractivity contribution is -0.121. The summed E-state index contributed by atoms with van der Waals surface area (Å²) in [7, 11) is 0. The van der Waals surface area contributed by atoms with Gasteiger partial charge in [0.25, 0.3) is 0 Å². The van der Waals surface area contributed by atoms with Crippen LogP contribution in [0, 0.1) is 0 Å². The number of hydrogen-bond acceptors (Lipinski definition) is 4. The fourth-order valence-corrected chi connectivity index (χ4v) is 3.95. The number of benzene rings is 1. The van der Waals surface area contributed by atoms with Gasteiger partial charge in [-0.2, -0.15) is 0 Å². The van der Waals surface area contributed by atoms with E-state index in [2.05, 4.69) is 15.9 Å². The third-order valence-electron chi connectivity index (χ3n) is 3.84. The van der Waals surface area contributed by atoms with E-state index in [0.29, 0.717) is 6.54 Å². The van der Waals surface area contributed by atoms with Crippen molar-refractivity contribution in [3.05, 3.63) is 57.8 Å². The lowest BCUT2D eigenvalue weighted by Gasteiger charge is -2.33. The van der Waals surface area contributed by atoms with E-state index < -0.39 is 12.1 Å². The Balaban J connectivity index is 1.75. The molecule has 3 rings (SSSR count). The fourth-order valence-electron chi connectivity index (χ4n) is 2.74. The average Bonchev–Trinajstić information content (AvgIpc) is 3.07. The molecule has 2 aromatic rings. The molecule has 1 aromatic carbocycles. The summed E-state index contributed by atoms with van der Waals surface area (Å²) in [6, 6.07) is 10.9. The molecule has 1 unspecified atom stereocenters. The van der Waals surface area contributed by atoms with E-state index in [1.165, 1.54) is 4.88 Å². The zero-order valence-electron chi connectivity index (χ0n) is 12.4. The molecule has 0 radical (unpaired) electrons. The van der Waals surface area contributed by atoms with E-state index in [-0.39, 0.29) is 17.7 Å². The SMILES string of the molecule is O=C(CBr)C1c2ccsc2CCN1C(=O)OCc1ccccc1. The van der Waals surface area contributed by atoms with Crippen molar-refractivity contribution in [1.82, 2.24) is 4.90 Å². The van der Waals surface area contributed by atoms with Gasteiger partial charge in [-0.15, -0.1) is 11.3 Å². The number of Topliss-reactive ketones (excluding diaryl/α,β-unsaturated/α-hetero) is 1. The molecule has 0 saturated carbocycles. The van der Waals surface area contributed by atoms with Crippen LogP contribution in [0.5, 0.6) is 0 Å². The van der Waals surface area contributed by atoms with E-state index in [4.69, 9.17) is 4.74 Å². The van der Waals surface area contributed by atoms with Crippen molar-refractivity contribution in [2.24, 2.45) is 0 Å². The normalized spacial score (nSPS) is 16.7. The molecule has 0 spiro atoms. The molecule has 0 N–H and O–H groups in total. The van der Waals surface area contributed by atoms with E-state index in [1.807, 2.05) is 41.8 Å². The van der Waals surface area contributed by atoms with E-state index in [0.717, 1.165) is 17.5 Å². The number of rotatable bonds is 4. The number of nitrogens with zero attached hydrogens (tertiary/aromatic N) is 1. The van der Waals surface area contributed by atoms with Crippen LogP contribution in [0.4, 0.5) is 4.79 Å². The van der Waals surface area contributed by atoms with Crippen molar-refractivity contribution in [3.8, 4) is 0 Å². The summed E-state index contributed by atoms with van der Waals surface area (Å²) in [5.74, 6) is -0.0268. The van der Waals surface area contributed by atoms with Crippen molar-refractivity contribution in [2.75, 3.05) is 11.9 Å². The number of fused-ring (bicyclic) bond motifs is 1. The smallest absolute Gasteiger partial charge is 0.411 e. The Kier molecular flexibility index (Phi) is 5.13. The Bertz CT molecular complexity index is 701. The fraction of sp³-hybridized carbons (Fsp3) is 0.294. The van der Waals surface area contributed by atoms with Crippen LogP contribution in [-0.2, 0) is 22.6 Å². The van der Waals surface area contributed by atoms with Crippen LogP contribution in [0.15, 0.2) is 41.8 Å². The monoisotopic (exact) mass is 393 g/mol. The van der Waals surface area contributed by atoms with Crippen molar-refractivity contribution in [2.45, 2.75) is 19.1 Å². The summed E-state index contributed by atoms with van der Waals surface area (Å²) in [4.78, 5) is 27.5. The molecule has 0 saturated heterocycles. The van der Waals surface area contributed by atoms with Crippen LogP contribution in [0.2, 0.25) is 0 Å². The Morgan fingerprint density at radius 1 is 1.26 bits per heavy atom. The minimum atomic E-state index is -0.548. The first-order chi connectivity index (χ1) is 11.2. The standard InChI is InChI=1S/C17H16BrNO3S/c18-10-14(20)16-13-7-9-23-15(13)6-8-19(16)17(21)22-11-12-4-2-1-3-5-12/h1-5,7,9,16H,6,8,10-11H2. The Labute approximate surface area is 147 Å². The largest absolute Gasteiger partial charge is 0.445 e. The Morgan fingerprint density at radius 3 is 2.78 bits per heavy atom. The summed E-state index contributed by atoms with van der Waals surface area (Å²) in [6.45, 7) is 0.715. The molecule has 1 aromatic heterocycles. The minimum Gasteiger partial charge on any atom is -0.445 e. The first-order valence-electron chi connectivity index (χ1n) is 7.33. The molecule has 4 nitrogen and oxygen atoms in total. The first kappa shape index (κ1) is 16.2. The van der Waals surface area contributed by atoms with Gasteiger partial charge in [-0.05, 0) is 29.0 Å². The summed E-state index contributed by atoms with van der Waals surface area (Å²) in [6.07, 6.45) is 0.324. The number of halogens is 1. The lowest BCUT2D eigenvalue weighted by atomic mass is 9.97. The van der Waals surface area contributed by atoms with Crippen LogP contribution in [0.25, 0.3) is 0 Å². The molecule has 1 atom stereocenters. The summed E-state index contributed by atoms with van der Waals surface area (Å²) in [5, 5.41) is 2.19. The molecular weight excluding hydrogens is 378 g/mol. The summed E-state index contributed by atoms with van der Waals surface area (Å²) >= 11 is 4.85. The van der Waals surface area contributed by atoms with Gasteiger partial charge in [0.05, 0.1) is 5.33 Å². The number of thiophene rings is 1. The van der Waals surface area contributed by atoms with Crippen molar-refractivity contribution >= 4 is 39.1 Å². The zero-order chi connectivity index (χ0) is 16.2. The molecule has 0 fully saturated rings. The van der Waals surface area contributed by atoms with Gasteiger partial charge in [0.1, 0.15) is 12.6 Å². The number of alkyl halides is 1. The number of ether oxygens (including phenoxy) is 1. The third-order valence-corrected chi connectivity index (χ3v) is 5.39. The van der Waals surface area contributed by atoms with Crippen LogP contribution in [0.3, 0.4) is 0 Å². The molecule has 2 heterocycles. The second-order valence-electron chi connectivity index (χ2n) is 5.29. The highest BCUT2D eigenvalue weighted by Gasteiger charge is 2.36. The Hall–Kier alpha value is -1.66. The second kappa shape index (κ2) is 7.27. The van der Waals surface area contributed by atoms with Crippen molar-refractivity contribution in [1.29, 1.82) is 0 Å². The van der Waals surface area contributed by atoms with Gasteiger partial charge < -0.3 is 4.74 Å². The number of carbonyl (C=O) groups is 2. The maximum Gasteiger partial charge on any atom is 0.411 e. The van der Waals surface area contributed by atoms with Gasteiger partial charge in [0.15, 0.2) is 5.78 Å². The Morgan fingerprint density at radius 2 is 2.04 bits per heavy atom. The van der Waals surface area contributed by atoms with Crippen molar-refractivity contribution < 1.29 is 14.3 Å². The molecule has 0 bridgehead atoms. The molecule has 1 aliphatic heterocycles. The van der Waals surface area contributed by atoms with Gasteiger partial charge in [-0.25, -0.2) is 4.79 Å². The number of amides is 1. The summed E-state index contributed by atoms with van der Waals surface area (Å²) in [5.41, 5.74) is 1.86. The van der Waals surface area contributed by atoms with Crippen LogP contribution >= 0.6 is 27.3 Å². The predicted octanol–water partition coefficient (Wildman–Crippen LogP) is 3.95. The van der Waals surface area contributed by atoms with Crippen LogP contribution in [0.1, 0.15) is 22.0 Å². The quantitative estimate of drug-likeness (QED) is 0.738. The van der Waals surface area contributed by atoms with Gasteiger partial charge in [0, 0.05) is 11.4 Å². The summed E-state index contributed by atoms with van der Waals surface area (Å²) < 4.78 is 5.41. The van der Waals surface area contributed by atoms with Crippen LogP contribution < -0.4 is 0 Å². The maximum atomic E-state index is 12.5. The topological polar surface area (TPSA) is 46.6 Å². The maximum absolute atomic E-state index is 12.5. The van der Waals surface area contributed by atoms with Crippen LogP contribution in [-0.4, -0.2) is 28.7 Å². The molecule has 23 heavy (non-hydrogen) atoms.